The summed E-state index contributed by atoms with van der Waals surface area (Å²) >= 11 is 0. The summed E-state index contributed by atoms with van der Waals surface area (Å²) in [6.45, 7) is 2.20. The fraction of sp³-hybridized carbons (Fsp3) is 0.722. The first-order valence-electron chi connectivity index (χ1n) is 8.45. The van der Waals surface area contributed by atoms with Gasteiger partial charge in [0.1, 0.15) is 0 Å². The van der Waals surface area contributed by atoms with Crippen molar-refractivity contribution < 1.29 is 14.6 Å². The third-order valence-corrected chi connectivity index (χ3v) is 3.94. The van der Waals surface area contributed by atoms with Crippen LogP contribution in [0.3, 0.4) is 0 Å². The number of allylic oxidation sites excluding steroid dienone is 3. The molecule has 0 radical (unpaired) electrons. The average Bonchev–Trinajstić information content (AvgIpc) is 3.22. The van der Waals surface area contributed by atoms with Crippen molar-refractivity contribution in [2.75, 3.05) is 0 Å². The summed E-state index contributed by atoms with van der Waals surface area (Å²) in [6, 6.07) is 0. The lowest BCUT2D eigenvalue weighted by molar-refractivity contribution is -0.131. The van der Waals surface area contributed by atoms with Gasteiger partial charge in [-0.2, -0.15) is 0 Å². The maximum absolute atomic E-state index is 10.2. The normalized spacial score (nSPS) is 21.4. The molecule has 1 heterocycles. The lowest BCUT2D eigenvalue weighted by Crippen LogP contribution is -1.92. The Labute approximate surface area is 129 Å². The third kappa shape index (κ3) is 10.3. The Hall–Kier alpha value is -1.09. The smallest absolute Gasteiger partial charge is 0.328 e. The molecule has 0 aliphatic carbocycles. The highest BCUT2D eigenvalue weighted by molar-refractivity contribution is 5.80. The van der Waals surface area contributed by atoms with Crippen molar-refractivity contribution in [1.29, 1.82) is 0 Å². The lowest BCUT2D eigenvalue weighted by Gasteiger charge is -2.00. The molecule has 1 rings (SSSR count). The zero-order valence-corrected chi connectivity index (χ0v) is 13.3. The van der Waals surface area contributed by atoms with E-state index in [9.17, 15) is 4.79 Å². The van der Waals surface area contributed by atoms with E-state index in [4.69, 9.17) is 9.84 Å². The molecule has 2 atom stereocenters. The fourth-order valence-corrected chi connectivity index (χ4v) is 2.60. The Bertz CT molecular complexity index is 333. The summed E-state index contributed by atoms with van der Waals surface area (Å²) in [4.78, 5) is 10.2. The molecule has 0 bridgehead atoms. The van der Waals surface area contributed by atoms with Gasteiger partial charge in [0, 0.05) is 6.08 Å². The van der Waals surface area contributed by atoms with Crippen LogP contribution in [0.4, 0.5) is 0 Å². The van der Waals surface area contributed by atoms with E-state index in [0.717, 1.165) is 12.5 Å². The van der Waals surface area contributed by atoms with Gasteiger partial charge in [-0.05, 0) is 25.7 Å². The molecular formula is C18H30O3. The summed E-state index contributed by atoms with van der Waals surface area (Å²) in [6.07, 6.45) is 20.4. The van der Waals surface area contributed by atoms with E-state index >= 15 is 0 Å². The van der Waals surface area contributed by atoms with Crippen LogP contribution < -0.4 is 0 Å². The van der Waals surface area contributed by atoms with Gasteiger partial charge < -0.3 is 9.84 Å². The second-order valence-corrected chi connectivity index (χ2v) is 5.80. The van der Waals surface area contributed by atoms with Crippen LogP contribution in [-0.4, -0.2) is 23.3 Å². The van der Waals surface area contributed by atoms with Crippen molar-refractivity contribution in [3.63, 3.8) is 0 Å². The Morgan fingerprint density at radius 1 is 1.00 bits per heavy atom. The zero-order chi connectivity index (χ0) is 15.3. The first kappa shape index (κ1) is 18.0. The van der Waals surface area contributed by atoms with Gasteiger partial charge in [-0.25, -0.2) is 4.79 Å². The Balaban J connectivity index is 1.75. The predicted octanol–water partition coefficient (Wildman–Crippen LogP) is 4.87. The molecule has 0 spiro atoms. The van der Waals surface area contributed by atoms with Gasteiger partial charge in [0.25, 0.3) is 0 Å². The Morgan fingerprint density at radius 2 is 1.67 bits per heavy atom. The van der Waals surface area contributed by atoms with Gasteiger partial charge in [0.05, 0.1) is 12.2 Å². The molecule has 0 saturated carbocycles. The van der Waals surface area contributed by atoms with E-state index < -0.39 is 5.97 Å². The number of carboxylic acid groups (broad SMARTS) is 1. The number of epoxide rings is 1. The van der Waals surface area contributed by atoms with Gasteiger partial charge in [-0.15, -0.1) is 0 Å². The number of hydrogen-bond donors (Lipinski definition) is 1. The van der Waals surface area contributed by atoms with Crippen molar-refractivity contribution >= 4 is 5.97 Å². The standard InChI is InChI=1S/C18H30O3/c1-2-16-17(21-16)14-12-10-8-6-4-3-5-7-9-11-13-15-18(19)20/h9,11,13,15-17H,2-8,10,12,14H2,1H3,(H,19,20). The minimum atomic E-state index is -0.891. The topological polar surface area (TPSA) is 49.8 Å². The number of hydrogen-bond acceptors (Lipinski definition) is 2. The van der Waals surface area contributed by atoms with E-state index in [1.54, 1.807) is 6.08 Å². The molecule has 120 valence electrons. The molecule has 21 heavy (non-hydrogen) atoms. The van der Waals surface area contributed by atoms with Crippen LogP contribution >= 0.6 is 0 Å². The molecule has 1 fully saturated rings. The molecule has 3 nitrogen and oxygen atoms in total. The number of aliphatic carboxylic acids is 1. The van der Waals surface area contributed by atoms with Crippen LogP contribution in [0.25, 0.3) is 0 Å². The van der Waals surface area contributed by atoms with Crippen LogP contribution in [0, 0.1) is 0 Å². The van der Waals surface area contributed by atoms with Crippen molar-refractivity contribution in [2.24, 2.45) is 0 Å². The third-order valence-electron chi connectivity index (χ3n) is 3.94. The zero-order valence-electron chi connectivity index (χ0n) is 13.3. The van der Waals surface area contributed by atoms with Crippen LogP contribution in [0.2, 0.25) is 0 Å². The maximum atomic E-state index is 10.2. The van der Waals surface area contributed by atoms with E-state index in [-0.39, 0.29) is 0 Å². The van der Waals surface area contributed by atoms with Crippen molar-refractivity contribution in [3.8, 4) is 0 Å². The van der Waals surface area contributed by atoms with Crippen LogP contribution in [0.5, 0.6) is 0 Å². The highest BCUT2D eigenvalue weighted by Gasteiger charge is 2.35. The second-order valence-electron chi connectivity index (χ2n) is 5.80. The number of ether oxygens (including phenoxy) is 1. The van der Waals surface area contributed by atoms with E-state index in [2.05, 4.69) is 6.92 Å². The molecular weight excluding hydrogens is 264 g/mol. The quantitative estimate of drug-likeness (QED) is 0.228. The molecule has 0 amide bonds. The average molecular weight is 294 g/mol. The summed E-state index contributed by atoms with van der Waals surface area (Å²) in [5, 5.41) is 8.41. The molecule has 1 aliphatic rings. The van der Waals surface area contributed by atoms with E-state index in [1.807, 2.05) is 12.2 Å². The molecule has 3 heteroatoms. The number of carbonyl (C=O) groups is 1. The van der Waals surface area contributed by atoms with Crippen LogP contribution in [0.15, 0.2) is 24.3 Å². The first-order chi connectivity index (χ1) is 10.2. The highest BCUT2D eigenvalue weighted by atomic mass is 16.6. The van der Waals surface area contributed by atoms with Gasteiger partial charge in [0.15, 0.2) is 0 Å². The fourth-order valence-electron chi connectivity index (χ4n) is 2.60. The largest absolute Gasteiger partial charge is 0.478 e. The van der Waals surface area contributed by atoms with Crippen molar-refractivity contribution in [3.05, 3.63) is 24.3 Å². The number of carboxylic acids is 1. The number of rotatable bonds is 13. The number of unbranched alkanes of at least 4 members (excludes halogenated alkanes) is 7. The minimum absolute atomic E-state index is 0.573. The molecule has 1 aliphatic heterocycles. The highest BCUT2D eigenvalue weighted by Crippen LogP contribution is 2.29. The molecule has 1 saturated heterocycles. The lowest BCUT2D eigenvalue weighted by atomic mass is 10.1. The predicted molar refractivity (Wildman–Crippen MR) is 86.4 cm³/mol. The van der Waals surface area contributed by atoms with Crippen LogP contribution in [0.1, 0.15) is 71.1 Å². The minimum Gasteiger partial charge on any atom is -0.478 e. The molecule has 0 aromatic carbocycles. The van der Waals surface area contributed by atoms with Crippen molar-refractivity contribution in [2.45, 2.75) is 83.3 Å². The van der Waals surface area contributed by atoms with Gasteiger partial charge in [-0.3, -0.25) is 0 Å². The summed E-state index contributed by atoms with van der Waals surface area (Å²) in [5.41, 5.74) is 0. The van der Waals surface area contributed by atoms with Crippen molar-refractivity contribution in [1.82, 2.24) is 0 Å². The van der Waals surface area contributed by atoms with E-state index in [0.29, 0.717) is 12.2 Å². The SMILES string of the molecule is CCC1OC1CCCCCCCCCC=CC=CC(=O)O. The van der Waals surface area contributed by atoms with Gasteiger partial charge in [-0.1, -0.05) is 63.7 Å². The van der Waals surface area contributed by atoms with Gasteiger partial charge >= 0.3 is 5.97 Å². The van der Waals surface area contributed by atoms with Gasteiger partial charge in [0.2, 0.25) is 0 Å². The van der Waals surface area contributed by atoms with Crippen LogP contribution in [-0.2, 0) is 9.53 Å². The maximum Gasteiger partial charge on any atom is 0.328 e. The van der Waals surface area contributed by atoms with E-state index in [1.165, 1.54) is 57.8 Å². The second kappa shape index (κ2) is 11.6. The summed E-state index contributed by atoms with van der Waals surface area (Å²) in [7, 11) is 0. The molecule has 1 N–H and O–H groups in total. The summed E-state index contributed by atoms with van der Waals surface area (Å²) < 4.78 is 5.54. The Morgan fingerprint density at radius 3 is 2.29 bits per heavy atom. The molecule has 0 aromatic heterocycles. The monoisotopic (exact) mass is 294 g/mol. The Kier molecular flexibility index (Phi) is 9.88. The molecule has 2 unspecified atom stereocenters. The summed E-state index contributed by atoms with van der Waals surface area (Å²) in [5.74, 6) is -0.891. The molecule has 0 aromatic rings. The first-order valence-corrected chi connectivity index (χ1v) is 8.45.